The molecule has 0 unspecified atom stereocenters. The highest BCUT2D eigenvalue weighted by Crippen LogP contribution is 2.30. The highest BCUT2D eigenvalue weighted by atomic mass is 35.5. The quantitative estimate of drug-likeness (QED) is 0.0895. The summed E-state index contributed by atoms with van der Waals surface area (Å²) in [5.41, 5.74) is 5.70. The summed E-state index contributed by atoms with van der Waals surface area (Å²) in [6.45, 7) is 12.7. The van der Waals surface area contributed by atoms with Gasteiger partial charge in [0.25, 0.3) is 34.4 Å². The van der Waals surface area contributed by atoms with Gasteiger partial charge in [-0.3, -0.25) is 42.5 Å². The van der Waals surface area contributed by atoms with Crippen LogP contribution in [0.4, 0.5) is 0 Å². The Balaban J connectivity index is 0.000000147. The Labute approximate surface area is 524 Å². The third-order valence-corrected chi connectivity index (χ3v) is 15.6. The van der Waals surface area contributed by atoms with E-state index >= 15 is 0 Å². The number of hydrogen-bond acceptors (Lipinski definition) is 12. The summed E-state index contributed by atoms with van der Waals surface area (Å²) in [7, 11) is 0. The lowest BCUT2D eigenvalue weighted by atomic mass is 10.1. The predicted octanol–water partition coefficient (Wildman–Crippen LogP) is 12.4. The minimum atomic E-state index is -0.505. The van der Waals surface area contributed by atoms with E-state index in [4.69, 9.17) is 34.8 Å². The first kappa shape index (κ1) is 61.6. The van der Waals surface area contributed by atoms with E-state index in [9.17, 15) is 28.8 Å². The number of allylic oxidation sites excluding steroid dienone is 2. The van der Waals surface area contributed by atoms with Gasteiger partial charge in [0.15, 0.2) is 5.69 Å². The first-order valence-electron chi connectivity index (χ1n) is 27.9. The number of hydrogen-bond donors (Lipinski definition) is 4. The fourth-order valence-electron chi connectivity index (χ4n) is 10.3. The average Bonchev–Trinajstić information content (AvgIpc) is 1.32. The van der Waals surface area contributed by atoms with E-state index in [2.05, 4.69) is 53.0 Å². The number of aryl methyl sites for hydroxylation is 2. The lowest BCUT2D eigenvalue weighted by molar-refractivity contribution is -0.118. The van der Waals surface area contributed by atoms with Crippen molar-refractivity contribution in [2.24, 2.45) is 0 Å². The highest BCUT2D eigenvalue weighted by Gasteiger charge is 2.25. The van der Waals surface area contributed by atoms with Crippen molar-refractivity contribution in [1.82, 2.24) is 55.5 Å². The summed E-state index contributed by atoms with van der Waals surface area (Å²) >= 11 is 19.0. The zero-order valence-electron chi connectivity index (χ0n) is 48.5. The maximum absolute atomic E-state index is 13.4. The second kappa shape index (κ2) is 27.0. The Morgan fingerprint density at radius 2 is 0.921 bits per heavy atom. The maximum atomic E-state index is 13.4. The molecule has 3 atom stereocenters. The van der Waals surface area contributed by atoms with Crippen LogP contribution in [-0.2, 0) is 4.79 Å². The van der Waals surface area contributed by atoms with Gasteiger partial charge in [-0.2, -0.15) is 10.2 Å². The van der Waals surface area contributed by atoms with Crippen molar-refractivity contribution >= 4 is 84.8 Å². The Morgan fingerprint density at radius 3 is 1.30 bits per heavy atom. The first-order chi connectivity index (χ1) is 42.9. The van der Waals surface area contributed by atoms with Gasteiger partial charge < -0.3 is 21.3 Å². The van der Waals surface area contributed by atoms with Gasteiger partial charge in [-0.25, -0.2) is 4.63 Å². The van der Waals surface area contributed by atoms with E-state index in [0.717, 1.165) is 10.8 Å². The molecule has 5 aromatic heterocycles. The normalized spacial score (nSPS) is 12.8. The Hall–Kier alpha value is -10.5. The first-order valence-corrected chi connectivity index (χ1v) is 29.1. The summed E-state index contributed by atoms with van der Waals surface area (Å²) in [5, 5.41) is 31.4. The van der Waals surface area contributed by atoms with Gasteiger partial charge >= 0.3 is 0 Å². The summed E-state index contributed by atoms with van der Waals surface area (Å²) < 4.78 is 9.36. The van der Waals surface area contributed by atoms with Crippen LogP contribution in [0.15, 0.2) is 231 Å². The molecule has 1 aliphatic rings. The second-order valence-corrected chi connectivity index (χ2v) is 21.8. The number of nitrogens with one attached hydrogen (secondary N) is 4. The van der Waals surface area contributed by atoms with Crippen molar-refractivity contribution < 1.29 is 19.0 Å². The topological polar surface area (TPSA) is 230 Å². The number of amides is 3. The summed E-state index contributed by atoms with van der Waals surface area (Å²) in [5.74, 6) is -0.995. The lowest BCUT2D eigenvalue weighted by Crippen LogP contribution is -2.34. The smallest absolute Gasteiger partial charge is 0.276 e. The Kier molecular flexibility index (Phi) is 18.7. The minimum Gasteiger partial charge on any atom is -0.362 e. The van der Waals surface area contributed by atoms with E-state index in [0.29, 0.717) is 99.0 Å². The molecule has 0 aliphatic carbocycles. The number of fused-ring (bicyclic) bond motifs is 3. The average molecular weight is 1250 g/mol. The number of nitrogens with zero attached hydrogens (tertiary/aromatic N) is 7. The SMILES string of the molecule is C=C1NC=CC=C1C(=O)N[C@@H](C)c1cc2cccc(Cl)c2c(=O)n1-c1ccccc1.Cc1nnccc1C(=O)N[C@@H](C)c1cc2cccc(Cl)c2c(=O)n1-c1ccccc1.Cc1nonc1C(=O)N[C@@H](C)c1cc2cccc(Cl)c2c(=O)n1-c1ccccc1. The monoisotopic (exact) mass is 1240 g/mol. The maximum Gasteiger partial charge on any atom is 0.276 e. The van der Waals surface area contributed by atoms with Gasteiger partial charge in [0.2, 0.25) is 0 Å². The number of rotatable bonds is 12. The van der Waals surface area contributed by atoms with Crippen LogP contribution in [0.3, 0.4) is 0 Å². The third-order valence-electron chi connectivity index (χ3n) is 14.7. The van der Waals surface area contributed by atoms with E-state index in [1.165, 1.54) is 6.20 Å². The molecule has 21 heteroatoms. The number of benzene rings is 6. The van der Waals surface area contributed by atoms with Crippen LogP contribution in [0.2, 0.25) is 15.1 Å². The molecule has 1 aliphatic heterocycles. The number of dihydropyridines is 1. The highest BCUT2D eigenvalue weighted by molar-refractivity contribution is 6.36. The molecule has 89 heavy (non-hydrogen) atoms. The fourth-order valence-corrected chi connectivity index (χ4v) is 11.1. The molecule has 0 radical (unpaired) electrons. The molecule has 0 fully saturated rings. The van der Waals surface area contributed by atoms with Crippen LogP contribution in [0.1, 0.15) is 88.2 Å². The van der Waals surface area contributed by atoms with E-state index < -0.39 is 24.0 Å². The van der Waals surface area contributed by atoms with Crippen LogP contribution < -0.4 is 37.9 Å². The van der Waals surface area contributed by atoms with Crippen molar-refractivity contribution in [1.29, 1.82) is 0 Å². The van der Waals surface area contributed by atoms with Crippen LogP contribution in [0.25, 0.3) is 49.4 Å². The molecule has 11 aromatic rings. The van der Waals surface area contributed by atoms with Gasteiger partial charge in [0, 0.05) is 46.0 Å². The standard InChI is InChI=1S/C24H20ClN3O2.C23H19ClN4O2.C21H17ClN4O3/c1-15-19(11-7-13-26-15)23(29)27-16(2)21-14-17-8-6-12-20(25)22(17)24(30)28(21)18-9-4-3-5-10-18;1-14-18(11-12-25-27-14)22(29)26-15(2)20-13-16-7-6-10-19(24)21(16)23(30)28(20)17-8-4-3-5-9-17;1-12(23-20(27)19-13(2)24-29-25-19)17-11-14-7-6-10-16(22)18(14)21(28)26(17)15-8-4-3-5-9-15/h3-14,16,26H,1H2,2H3,(H,27,29);3-13,15H,1-2H3,(H,26,29);3-12H,1-2H3,(H,23,27)/t16-;15-;12-/m000/s1. The molecule has 6 heterocycles. The van der Waals surface area contributed by atoms with Crippen molar-refractivity contribution in [3.8, 4) is 17.1 Å². The Morgan fingerprint density at radius 1 is 0.517 bits per heavy atom. The number of para-hydroxylation sites is 3. The van der Waals surface area contributed by atoms with Gasteiger partial charge in [0.05, 0.1) is 72.4 Å². The zero-order chi connectivity index (χ0) is 63.0. The largest absolute Gasteiger partial charge is 0.362 e. The van der Waals surface area contributed by atoms with E-state index in [1.807, 2.05) is 141 Å². The zero-order valence-corrected chi connectivity index (χ0v) is 50.8. The number of aromatic nitrogens is 7. The molecule has 0 saturated carbocycles. The van der Waals surface area contributed by atoms with Crippen LogP contribution in [0, 0.1) is 13.8 Å². The molecule has 0 saturated heterocycles. The lowest BCUT2D eigenvalue weighted by Gasteiger charge is -2.22. The Bertz CT molecular complexity index is 4800. The predicted molar refractivity (Wildman–Crippen MR) is 347 cm³/mol. The van der Waals surface area contributed by atoms with E-state index in [1.54, 1.807) is 95.3 Å². The van der Waals surface area contributed by atoms with E-state index in [-0.39, 0.29) is 34.2 Å². The molecule has 18 nitrogen and oxygen atoms in total. The molecule has 4 N–H and O–H groups in total. The summed E-state index contributed by atoms with van der Waals surface area (Å²) in [6.07, 6.45) is 6.63. The molecular weight excluding hydrogens is 1190 g/mol. The van der Waals surface area contributed by atoms with Gasteiger partial charge in [-0.1, -0.05) is 138 Å². The molecular formula is C68H56Cl3N11O7. The molecule has 3 amide bonds. The fraction of sp³-hybridized carbons (Fsp3) is 0.118. The minimum absolute atomic E-state index is 0.106. The summed E-state index contributed by atoms with van der Waals surface area (Å²) in [4.78, 5) is 78.5. The molecule has 0 bridgehead atoms. The van der Waals surface area contributed by atoms with Crippen LogP contribution >= 0.6 is 34.8 Å². The van der Waals surface area contributed by atoms with Crippen molar-refractivity contribution in [2.75, 3.05) is 0 Å². The second-order valence-electron chi connectivity index (χ2n) is 20.6. The molecule has 0 spiro atoms. The number of halogens is 3. The van der Waals surface area contributed by atoms with Crippen LogP contribution in [0.5, 0.6) is 0 Å². The van der Waals surface area contributed by atoms with Crippen LogP contribution in [-0.4, -0.2) is 51.9 Å². The number of pyridine rings is 3. The van der Waals surface area contributed by atoms with Crippen molar-refractivity contribution in [3.05, 3.63) is 298 Å². The van der Waals surface area contributed by atoms with Gasteiger partial charge in [-0.15, -0.1) is 0 Å². The number of carbonyl (C=O) groups is 3. The third kappa shape index (κ3) is 13.1. The number of carbonyl (C=O) groups excluding carboxylic acids is 3. The molecule has 6 aromatic carbocycles. The van der Waals surface area contributed by atoms with Crippen molar-refractivity contribution in [2.45, 2.75) is 52.7 Å². The van der Waals surface area contributed by atoms with Gasteiger partial charge in [0.1, 0.15) is 5.69 Å². The molecule has 12 rings (SSSR count). The van der Waals surface area contributed by atoms with Gasteiger partial charge in [-0.05, 0) is 147 Å². The van der Waals surface area contributed by atoms with Crippen molar-refractivity contribution in [3.63, 3.8) is 0 Å². The molecule has 446 valence electrons. The summed E-state index contributed by atoms with van der Waals surface area (Å²) in [6, 6.07) is 49.6.